The number of nitrogens with one attached hydrogen (secondary N) is 1. The Morgan fingerprint density at radius 2 is 2.14 bits per heavy atom. The topological polar surface area (TPSA) is 131 Å². The van der Waals surface area contributed by atoms with Gasteiger partial charge in [0.25, 0.3) is 5.69 Å². The van der Waals surface area contributed by atoms with Gasteiger partial charge in [0.1, 0.15) is 17.5 Å². The van der Waals surface area contributed by atoms with Crippen molar-refractivity contribution >= 4 is 21.6 Å². The molecule has 0 saturated carbocycles. The molecule has 1 atom stereocenters. The van der Waals surface area contributed by atoms with E-state index in [1.54, 1.807) is 12.1 Å². The second-order valence-electron chi connectivity index (χ2n) is 6.22. The summed E-state index contributed by atoms with van der Waals surface area (Å²) >= 11 is 3.31. The smallest absolute Gasteiger partial charge is 0.270 e. The lowest BCUT2D eigenvalue weighted by atomic mass is 9.82. The highest BCUT2D eigenvalue weighted by Crippen LogP contribution is 2.46. The number of nitro groups is 1. The lowest BCUT2D eigenvalue weighted by Crippen LogP contribution is -2.21. The number of hydrogen-bond donors (Lipinski definition) is 2. The predicted octanol–water partition coefficient (Wildman–Crippen LogP) is 4.10. The molecule has 2 heterocycles. The Morgan fingerprint density at radius 1 is 1.34 bits per heavy atom. The van der Waals surface area contributed by atoms with E-state index in [4.69, 9.17) is 10.5 Å². The molecule has 1 aliphatic heterocycles. The van der Waals surface area contributed by atoms with Gasteiger partial charge in [-0.1, -0.05) is 28.1 Å². The van der Waals surface area contributed by atoms with Crippen LogP contribution in [0, 0.1) is 27.3 Å². The summed E-state index contributed by atoms with van der Waals surface area (Å²) in [7, 11) is 0. The van der Waals surface area contributed by atoms with Gasteiger partial charge in [-0.2, -0.15) is 5.26 Å². The number of halogens is 2. The van der Waals surface area contributed by atoms with Crippen molar-refractivity contribution in [1.82, 2.24) is 10.2 Å². The number of hydrogen-bond acceptors (Lipinski definition) is 6. The minimum atomic E-state index is -0.908. The van der Waals surface area contributed by atoms with Crippen LogP contribution >= 0.6 is 15.9 Å². The summed E-state index contributed by atoms with van der Waals surface area (Å²) in [6.07, 6.45) is 0. The van der Waals surface area contributed by atoms with E-state index in [1.807, 2.05) is 6.07 Å². The monoisotopic (exact) mass is 455 g/mol. The number of H-pyrrole nitrogens is 1. The molecule has 1 unspecified atom stereocenters. The van der Waals surface area contributed by atoms with Crippen LogP contribution in [0.1, 0.15) is 17.0 Å². The molecule has 29 heavy (non-hydrogen) atoms. The van der Waals surface area contributed by atoms with Crippen LogP contribution in [0.25, 0.3) is 11.3 Å². The van der Waals surface area contributed by atoms with Crippen molar-refractivity contribution < 1.29 is 14.1 Å². The number of nitriles is 1. The molecule has 0 bridgehead atoms. The van der Waals surface area contributed by atoms with Crippen molar-refractivity contribution in [2.24, 2.45) is 5.73 Å². The fourth-order valence-electron chi connectivity index (χ4n) is 3.29. The first-order chi connectivity index (χ1) is 13.9. The van der Waals surface area contributed by atoms with Crippen molar-refractivity contribution in [3.05, 3.63) is 85.5 Å². The van der Waals surface area contributed by atoms with Crippen LogP contribution in [0.2, 0.25) is 0 Å². The number of benzene rings is 2. The minimum Gasteiger partial charge on any atom is -0.420 e. The van der Waals surface area contributed by atoms with E-state index in [-0.39, 0.29) is 28.6 Å². The number of rotatable bonds is 3. The van der Waals surface area contributed by atoms with E-state index in [0.29, 0.717) is 21.3 Å². The van der Waals surface area contributed by atoms with E-state index in [0.717, 1.165) is 0 Å². The van der Waals surface area contributed by atoms with Crippen LogP contribution < -0.4 is 10.5 Å². The van der Waals surface area contributed by atoms with Crippen molar-refractivity contribution in [3.8, 4) is 23.2 Å². The zero-order valence-corrected chi connectivity index (χ0v) is 16.1. The summed E-state index contributed by atoms with van der Waals surface area (Å²) in [5, 5.41) is 27.7. The SMILES string of the molecule is N#CC1=C(N)Oc2n[nH]c(-c3cccc([N+](=O)[O-])c3)c2C1c1cc(Br)ccc1F. The second kappa shape index (κ2) is 7.03. The van der Waals surface area contributed by atoms with E-state index >= 15 is 0 Å². The molecule has 4 rings (SSSR count). The summed E-state index contributed by atoms with van der Waals surface area (Å²) in [4.78, 5) is 10.6. The molecule has 2 aromatic carbocycles. The van der Waals surface area contributed by atoms with Gasteiger partial charge in [0, 0.05) is 27.7 Å². The Kier molecular flexibility index (Phi) is 4.52. The van der Waals surface area contributed by atoms with Gasteiger partial charge in [0.15, 0.2) is 0 Å². The maximum absolute atomic E-state index is 14.7. The van der Waals surface area contributed by atoms with Gasteiger partial charge in [-0.05, 0) is 18.2 Å². The predicted molar refractivity (Wildman–Crippen MR) is 104 cm³/mol. The Balaban J connectivity index is 1.98. The second-order valence-corrected chi connectivity index (χ2v) is 7.13. The van der Waals surface area contributed by atoms with E-state index in [1.165, 1.54) is 30.3 Å². The van der Waals surface area contributed by atoms with Crippen molar-refractivity contribution in [1.29, 1.82) is 5.26 Å². The van der Waals surface area contributed by atoms with Gasteiger partial charge in [-0.3, -0.25) is 15.2 Å². The lowest BCUT2D eigenvalue weighted by molar-refractivity contribution is -0.384. The van der Waals surface area contributed by atoms with Gasteiger partial charge in [0.2, 0.25) is 11.8 Å². The number of fused-ring (bicyclic) bond motifs is 1. The molecule has 0 amide bonds. The summed E-state index contributed by atoms with van der Waals surface area (Å²) in [6, 6.07) is 12.2. The lowest BCUT2D eigenvalue weighted by Gasteiger charge is -2.24. The first-order valence-corrected chi connectivity index (χ1v) is 9.05. The Morgan fingerprint density at radius 3 is 2.86 bits per heavy atom. The molecule has 144 valence electrons. The molecule has 0 spiro atoms. The number of aromatic nitrogens is 2. The Labute approximate surface area is 171 Å². The number of nitrogens with zero attached hydrogens (tertiary/aromatic N) is 3. The Bertz CT molecular complexity index is 1230. The number of aromatic amines is 1. The number of allylic oxidation sites excluding steroid dienone is 1. The maximum atomic E-state index is 14.7. The zero-order chi connectivity index (χ0) is 20.7. The quantitative estimate of drug-likeness (QED) is 0.451. The average molecular weight is 456 g/mol. The van der Waals surface area contributed by atoms with Crippen molar-refractivity contribution in [3.63, 3.8) is 0 Å². The molecular formula is C19H11BrFN5O3. The normalized spacial score (nSPS) is 15.4. The van der Waals surface area contributed by atoms with Crippen LogP contribution in [-0.2, 0) is 0 Å². The third-order valence-electron chi connectivity index (χ3n) is 4.55. The van der Waals surface area contributed by atoms with Gasteiger partial charge < -0.3 is 10.5 Å². The van der Waals surface area contributed by atoms with E-state index < -0.39 is 16.7 Å². The molecule has 8 nitrogen and oxygen atoms in total. The Hall–Kier alpha value is -3.71. The highest BCUT2D eigenvalue weighted by atomic mass is 79.9. The molecule has 0 radical (unpaired) electrons. The molecule has 0 aliphatic carbocycles. The van der Waals surface area contributed by atoms with Crippen LogP contribution in [0.15, 0.2) is 58.4 Å². The molecule has 1 aromatic heterocycles. The summed E-state index contributed by atoms with van der Waals surface area (Å²) < 4.78 is 20.8. The fraction of sp³-hybridized carbons (Fsp3) is 0.0526. The summed E-state index contributed by atoms with van der Waals surface area (Å²) in [6.45, 7) is 0. The van der Waals surface area contributed by atoms with Gasteiger partial charge in [-0.15, -0.1) is 5.10 Å². The molecule has 3 N–H and O–H groups in total. The van der Waals surface area contributed by atoms with Crippen LogP contribution in [0.4, 0.5) is 10.1 Å². The highest BCUT2D eigenvalue weighted by molar-refractivity contribution is 9.10. The largest absolute Gasteiger partial charge is 0.420 e. The van der Waals surface area contributed by atoms with Gasteiger partial charge >= 0.3 is 0 Å². The summed E-state index contributed by atoms with van der Waals surface area (Å²) in [5.74, 6) is -1.55. The maximum Gasteiger partial charge on any atom is 0.270 e. The number of non-ortho nitro benzene ring substituents is 1. The first kappa shape index (κ1) is 18.6. The van der Waals surface area contributed by atoms with Crippen molar-refractivity contribution in [2.45, 2.75) is 5.92 Å². The summed E-state index contributed by atoms with van der Waals surface area (Å²) in [5.41, 5.74) is 7.15. The molecule has 10 heteroatoms. The molecular weight excluding hydrogens is 445 g/mol. The third-order valence-corrected chi connectivity index (χ3v) is 5.05. The minimum absolute atomic E-state index is 0.0163. The van der Waals surface area contributed by atoms with Crippen LogP contribution in [0.5, 0.6) is 5.88 Å². The third kappa shape index (κ3) is 3.11. The number of ether oxygens (including phenoxy) is 1. The first-order valence-electron chi connectivity index (χ1n) is 8.26. The zero-order valence-electron chi connectivity index (χ0n) is 14.5. The number of nitro benzene ring substituents is 1. The highest BCUT2D eigenvalue weighted by Gasteiger charge is 2.37. The van der Waals surface area contributed by atoms with E-state index in [9.17, 15) is 19.8 Å². The molecule has 1 aliphatic rings. The van der Waals surface area contributed by atoms with Crippen LogP contribution in [0.3, 0.4) is 0 Å². The molecule has 0 fully saturated rings. The number of nitrogens with two attached hydrogens (primary N) is 1. The van der Waals surface area contributed by atoms with Gasteiger partial charge in [-0.25, -0.2) is 4.39 Å². The average Bonchev–Trinajstić information content (AvgIpc) is 3.12. The fourth-order valence-corrected chi connectivity index (χ4v) is 3.67. The van der Waals surface area contributed by atoms with E-state index in [2.05, 4.69) is 26.1 Å². The van der Waals surface area contributed by atoms with Crippen molar-refractivity contribution in [2.75, 3.05) is 0 Å². The molecule has 0 saturated heterocycles. The molecule has 3 aromatic rings. The standard InChI is InChI=1S/C19H11BrFN5O3/c20-10-4-5-14(21)12(7-10)15-13(8-22)18(23)29-19-16(15)17(24-25-19)9-2-1-3-11(6-9)26(27)28/h1-7,15H,23H2,(H,24,25). The van der Waals surface area contributed by atoms with Crippen LogP contribution in [-0.4, -0.2) is 15.1 Å². The van der Waals surface area contributed by atoms with Gasteiger partial charge in [0.05, 0.1) is 22.1 Å².